The van der Waals surface area contributed by atoms with Crippen molar-refractivity contribution in [1.29, 1.82) is 0 Å². The van der Waals surface area contributed by atoms with Crippen LogP contribution in [0.4, 0.5) is 0 Å². The quantitative estimate of drug-likeness (QED) is 0.321. The minimum atomic E-state index is -0.394. The molecule has 21 heavy (non-hydrogen) atoms. The second kappa shape index (κ2) is 14.0. The molecule has 0 aromatic carbocycles. The van der Waals surface area contributed by atoms with E-state index >= 15 is 0 Å². The highest BCUT2D eigenvalue weighted by Gasteiger charge is 2.23. The summed E-state index contributed by atoms with van der Waals surface area (Å²) in [5.41, 5.74) is 0. The van der Waals surface area contributed by atoms with Crippen LogP contribution in [0.25, 0.3) is 0 Å². The van der Waals surface area contributed by atoms with E-state index in [9.17, 15) is 14.4 Å². The zero-order chi connectivity index (χ0) is 16.7. The van der Waals surface area contributed by atoms with Gasteiger partial charge in [-0.3, -0.25) is 0 Å². The van der Waals surface area contributed by atoms with Gasteiger partial charge >= 0.3 is 17.9 Å². The maximum Gasteiger partial charge on any atom is 0.330 e. The van der Waals surface area contributed by atoms with Gasteiger partial charge in [-0.05, 0) is 0 Å². The van der Waals surface area contributed by atoms with Gasteiger partial charge < -0.3 is 18.9 Å². The zero-order valence-electron chi connectivity index (χ0n) is 12.2. The number of epoxide rings is 1. The molecule has 1 aliphatic rings. The Morgan fingerprint density at radius 2 is 1.38 bits per heavy atom. The summed E-state index contributed by atoms with van der Waals surface area (Å²) in [4.78, 5) is 30.0. The van der Waals surface area contributed by atoms with Crippen LogP contribution in [0, 0.1) is 0 Å². The van der Waals surface area contributed by atoms with Crippen molar-refractivity contribution < 1.29 is 33.3 Å². The molecule has 0 amide bonds. The fourth-order valence-electron chi connectivity index (χ4n) is 0.565. The Kier molecular flexibility index (Phi) is 13.9. The lowest BCUT2D eigenvalue weighted by molar-refractivity contribution is -0.138. The SMILES string of the molecule is C=CC(=O)OC.C=CC(=O)OC.C=CC(=O)OCC1CO1. The van der Waals surface area contributed by atoms with Crippen LogP contribution in [-0.4, -0.2) is 51.4 Å². The normalized spacial score (nSPS) is 13.7. The Balaban J connectivity index is 0. The van der Waals surface area contributed by atoms with Gasteiger partial charge in [-0.15, -0.1) is 0 Å². The average Bonchev–Trinajstić information content (AvgIpc) is 3.36. The second-order valence-corrected chi connectivity index (χ2v) is 3.24. The first-order valence-electron chi connectivity index (χ1n) is 5.76. The summed E-state index contributed by atoms with van der Waals surface area (Å²) in [5.74, 6) is -1.17. The molecule has 1 fully saturated rings. The van der Waals surface area contributed by atoms with E-state index in [1.807, 2.05) is 0 Å². The molecule has 0 saturated carbocycles. The van der Waals surface area contributed by atoms with E-state index < -0.39 is 11.9 Å². The monoisotopic (exact) mass is 300 g/mol. The minimum Gasteiger partial charge on any atom is -0.466 e. The van der Waals surface area contributed by atoms with E-state index in [0.29, 0.717) is 13.2 Å². The van der Waals surface area contributed by atoms with Gasteiger partial charge in [0.05, 0.1) is 20.8 Å². The van der Waals surface area contributed by atoms with Gasteiger partial charge in [-0.25, -0.2) is 14.4 Å². The Hall–Kier alpha value is -2.41. The number of carbonyl (C=O) groups excluding carboxylic acids is 3. The molecule has 118 valence electrons. The van der Waals surface area contributed by atoms with Crippen LogP contribution in [0.3, 0.4) is 0 Å². The first kappa shape index (κ1) is 20.9. The summed E-state index contributed by atoms with van der Waals surface area (Å²) >= 11 is 0. The van der Waals surface area contributed by atoms with Crippen LogP contribution in [0.5, 0.6) is 0 Å². The number of methoxy groups -OCH3 is 2. The van der Waals surface area contributed by atoms with Gasteiger partial charge in [0.2, 0.25) is 0 Å². The maximum atomic E-state index is 10.3. The Morgan fingerprint density at radius 3 is 1.57 bits per heavy atom. The second-order valence-electron chi connectivity index (χ2n) is 3.24. The molecule has 0 aromatic heterocycles. The highest BCUT2D eigenvalue weighted by molar-refractivity contribution is 5.81. The molecule has 1 aliphatic heterocycles. The standard InChI is InChI=1S/C6H8O3.2C4H6O2/c1-2-6(7)9-4-5-3-8-5;2*1-3-4(5)6-2/h2,5H,1,3-4H2;2*3H,1H2,2H3. The molecule has 0 aliphatic carbocycles. The van der Waals surface area contributed by atoms with E-state index in [-0.39, 0.29) is 12.1 Å². The van der Waals surface area contributed by atoms with Crippen molar-refractivity contribution in [3.63, 3.8) is 0 Å². The molecule has 0 radical (unpaired) electrons. The lowest BCUT2D eigenvalue weighted by Gasteiger charge is -1.94. The van der Waals surface area contributed by atoms with Crippen LogP contribution >= 0.6 is 0 Å². The number of hydrogen-bond donors (Lipinski definition) is 0. The van der Waals surface area contributed by atoms with E-state index in [4.69, 9.17) is 4.74 Å². The van der Waals surface area contributed by atoms with Crippen LogP contribution in [0.2, 0.25) is 0 Å². The van der Waals surface area contributed by atoms with Crippen molar-refractivity contribution in [1.82, 2.24) is 0 Å². The predicted octanol–water partition coefficient (Wildman–Crippen LogP) is 0.805. The third kappa shape index (κ3) is 17.6. The molecular formula is C14H20O7. The van der Waals surface area contributed by atoms with Crippen molar-refractivity contribution in [2.24, 2.45) is 0 Å². The maximum absolute atomic E-state index is 10.3. The molecular weight excluding hydrogens is 280 g/mol. The number of hydrogen-bond acceptors (Lipinski definition) is 7. The van der Waals surface area contributed by atoms with Crippen molar-refractivity contribution in [3.8, 4) is 0 Å². The van der Waals surface area contributed by atoms with Crippen LogP contribution in [-0.2, 0) is 33.3 Å². The summed E-state index contributed by atoms with van der Waals surface area (Å²) < 4.78 is 17.7. The molecule has 0 bridgehead atoms. The lowest BCUT2D eigenvalue weighted by atomic mass is 10.5. The zero-order valence-corrected chi connectivity index (χ0v) is 12.2. The average molecular weight is 300 g/mol. The molecule has 1 rings (SSSR count). The molecule has 1 heterocycles. The topological polar surface area (TPSA) is 91.4 Å². The molecule has 0 aromatic rings. The van der Waals surface area contributed by atoms with E-state index in [1.165, 1.54) is 14.2 Å². The predicted molar refractivity (Wildman–Crippen MR) is 75.3 cm³/mol. The largest absolute Gasteiger partial charge is 0.466 e. The highest BCUT2D eigenvalue weighted by Crippen LogP contribution is 2.08. The third-order valence-electron chi connectivity index (χ3n) is 1.72. The number of esters is 3. The Bertz CT molecular complexity index is 350. The number of carbonyl (C=O) groups is 3. The third-order valence-corrected chi connectivity index (χ3v) is 1.72. The summed E-state index contributed by atoms with van der Waals surface area (Å²) in [6.45, 7) is 10.6. The molecule has 7 nitrogen and oxygen atoms in total. The molecule has 0 N–H and O–H groups in total. The van der Waals surface area contributed by atoms with Gasteiger partial charge in [0.1, 0.15) is 12.7 Å². The summed E-state index contributed by atoms with van der Waals surface area (Å²) in [6.07, 6.45) is 3.51. The molecule has 1 unspecified atom stereocenters. The van der Waals surface area contributed by atoms with E-state index in [2.05, 4.69) is 33.9 Å². The number of ether oxygens (including phenoxy) is 4. The fraction of sp³-hybridized carbons (Fsp3) is 0.357. The molecule has 1 saturated heterocycles. The van der Waals surface area contributed by atoms with Gasteiger partial charge in [0, 0.05) is 18.2 Å². The molecule has 0 spiro atoms. The highest BCUT2D eigenvalue weighted by atomic mass is 16.6. The van der Waals surface area contributed by atoms with Crippen molar-refractivity contribution in [3.05, 3.63) is 38.0 Å². The van der Waals surface area contributed by atoms with Gasteiger partial charge in [0.15, 0.2) is 0 Å². The van der Waals surface area contributed by atoms with Gasteiger partial charge in [-0.1, -0.05) is 19.7 Å². The lowest BCUT2D eigenvalue weighted by Crippen LogP contribution is -2.06. The fourth-order valence-corrected chi connectivity index (χ4v) is 0.565. The van der Waals surface area contributed by atoms with Crippen LogP contribution in [0.15, 0.2) is 38.0 Å². The van der Waals surface area contributed by atoms with Crippen molar-refractivity contribution in [2.45, 2.75) is 6.10 Å². The van der Waals surface area contributed by atoms with Gasteiger partial charge in [-0.2, -0.15) is 0 Å². The van der Waals surface area contributed by atoms with Crippen molar-refractivity contribution in [2.75, 3.05) is 27.4 Å². The summed E-state index contributed by atoms with van der Waals surface area (Å²) in [6, 6.07) is 0. The number of rotatable bonds is 5. The van der Waals surface area contributed by atoms with E-state index in [1.54, 1.807) is 0 Å². The Morgan fingerprint density at radius 1 is 1.00 bits per heavy atom. The summed E-state index contributed by atoms with van der Waals surface area (Å²) in [7, 11) is 2.62. The van der Waals surface area contributed by atoms with Crippen molar-refractivity contribution >= 4 is 17.9 Å². The Labute approximate surface area is 123 Å². The van der Waals surface area contributed by atoms with Gasteiger partial charge in [0.25, 0.3) is 0 Å². The first-order valence-corrected chi connectivity index (χ1v) is 5.76. The minimum absolute atomic E-state index is 0.147. The smallest absolute Gasteiger partial charge is 0.330 e. The summed E-state index contributed by atoms with van der Waals surface area (Å²) in [5, 5.41) is 0. The van der Waals surface area contributed by atoms with Crippen LogP contribution in [0.1, 0.15) is 0 Å². The van der Waals surface area contributed by atoms with Crippen LogP contribution < -0.4 is 0 Å². The van der Waals surface area contributed by atoms with E-state index in [0.717, 1.165) is 18.2 Å². The molecule has 1 atom stereocenters. The first-order chi connectivity index (χ1) is 9.94. The molecule has 7 heteroatoms.